The Hall–Kier alpha value is -7.36. The van der Waals surface area contributed by atoms with Crippen molar-refractivity contribution in [3.05, 3.63) is 82.9 Å². The highest BCUT2D eigenvalue weighted by atomic mass is 16.3. The first-order chi connectivity index (χ1) is 33.8. The van der Waals surface area contributed by atoms with Gasteiger partial charge in [-0.3, -0.25) is 42.9 Å². The Morgan fingerprint density at radius 1 is 0.845 bits per heavy atom. The smallest absolute Gasteiger partial charge is 0.261 e. The zero-order chi connectivity index (χ0) is 51.8. The molecule has 0 saturated carbocycles. The molecule has 1 saturated heterocycles. The molecule has 5 rings (SSSR count). The fraction of sp³-hybridized carbons (Fsp3) is 0.510. The highest BCUT2D eigenvalue weighted by Gasteiger charge is 2.35. The van der Waals surface area contributed by atoms with Crippen molar-refractivity contribution < 1.29 is 38.7 Å². The van der Waals surface area contributed by atoms with Gasteiger partial charge in [-0.15, -0.1) is 0 Å². The lowest BCUT2D eigenvalue weighted by Crippen LogP contribution is -2.59. The number of carbonyl (C=O) groups is 7. The molecule has 1 aliphatic heterocycles. The Labute approximate surface area is 412 Å². The van der Waals surface area contributed by atoms with Gasteiger partial charge in [-0.05, 0) is 67.6 Å². The molecular weight excluding hydrogens is 915 g/mol. The van der Waals surface area contributed by atoms with Crippen molar-refractivity contribution in [2.75, 3.05) is 51.2 Å². The van der Waals surface area contributed by atoms with Crippen molar-refractivity contribution in [2.24, 2.45) is 17.1 Å². The van der Waals surface area contributed by atoms with E-state index in [0.717, 1.165) is 4.57 Å². The van der Waals surface area contributed by atoms with Gasteiger partial charge in [0.15, 0.2) is 0 Å². The Balaban J connectivity index is 1.19. The number of phenols is 1. The molecule has 4 aromatic rings. The lowest BCUT2D eigenvalue weighted by molar-refractivity contribution is -0.139. The van der Waals surface area contributed by atoms with Crippen molar-refractivity contribution in [1.29, 1.82) is 0 Å². The zero-order valence-electron chi connectivity index (χ0n) is 41.4. The Morgan fingerprint density at radius 2 is 1.54 bits per heavy atom. The predicted molar refractivity (Wildman–Crippen MR) is 266 cm³/mol. The number of fused-ring (bicyclic) bond motifs is 1. The zero-order valence-corrected chi connectivity index (χ0v) is 41.4. The number of anilines is 1. The molecule has 7 amide bonds. The fourth-order valence-corrected chi connectivity index (χ4v) is 7.92. The first-order valence-electron chi connectivity index (χ1n) is 24.0. The van der Waals surface area contributed by atoms with E-state index in [-0.39, 0.29) is 41.7 Å². The molecule has 71 heavy (non-hydrogen) atoms. The van der Waals surface area contributed by atoms with Crippen LogP contribution in [0.3, 0.4) is 0 Å². The fourth-order valence-electron chi connectivity index (χ4n) is 7.92. The van der Waals surface area contributed by atoms with Crippen LogP contribution < -0.4 is 48.1 Å². The van der Waals surface area contributed by atoms with Gasteiger partial charge < -0.3 is 57.5 Å². The van der Waals surface area contributed by atoms with Gasteiger partial charge in [-0.2, -0.15) is 0 Å². The number of nitrogens with two attached hydrogens (primary N) is 1. The molecule has 3 heterocycles. The molecule has 1 fully saturated rings. The lowest BCUT2D eigenvalue weighted by Gasteiger charge is -2.38. The third-order valence-corrected chi connectivity index (χ3v) is 12.4. The van der Waals surface area contributed by atoms with Crippen LogP contribution in [-0.4, -0.2) is 141 Å². The molecule has 10 N–H and O–H groups in total. The number of hydrogen-bond donors (Lipinski definition) is 9. The maximum Gasteiger partial charge on any atom is 0.261 e. The Kier molecular flexibility index (Phi) is 19.6. The van der Waals surface area contributed by atoms with Crippen molar-refractivity contribution in [2.45, 2.75) is 104 Å². The van der Waals surface area contributed by atoms with Crippen molar-refractivity contribution >= 4 is 57.9 Å². The van der Waals surface area contributed by atoms with Crippen LogP contribution in [0, 0.1) is 11.3 Å². The summed E-state index contributed by atoms with van der Waals surface area (Å²) in [5.41, 5.74) is 6.84. The molecule has 0 unspecified atom stereocenters. The van der Waals surface area contributed by atoms with Crippen LogP contribution in [0.25, 0.3) is 10.9 Å². The summed E-state index contributed by atoms with van der Waals surface area (Å²) in [5, 5.41) is 26.1. The number of phenolic OH excluding ortho intramolecular Hbond substituents is 1. The van der Waals surface area contributed by atoms with E-state index in [2.05, 4.69) is 46.9 Å². The number of nitrogens with zero attached hydrogens (tertiary/aromatic N) is 5. The number of piperazine rings is 1. The van der Waals surface area contributed by atoms with Crippen LogP contribution in [0.15, 0.2) is 66.1 Å². The third kappa shape index (κ3) is 15.6. The number of likely N-dealkylation sites (N-methyl/N-ethyl adjacent to an activating group) is 1. The Bertz CT molecular complexity index is 2540. The topological polar surface area (TPSA) is 308 Å². The summed E-state index contributed by atoms with van der Waals surface area (Å²) in [5.74, 6) is -3.57. The minimum Gasteiger partial charge on any atom is -0.508 e. The molecule has 0 bridgehead atoms. The number of nitrogens with one attached hydrogen (secondary N) is 7. The summed E-state index contributed by atoms with van der Waals surface area (Å²) in [6.45, 7) is 10.1. The number of unbranched alkanes of at least 4 members (excludes halogenated alkanes) is 1. The van der Waals surface area contributed by atoms with E-state index >= 15 is 0 Å². The number of rotatable bonds is 23. The minimum atomic E-state index is -1.18. The highest BCUT2D eigenvalue weighted by molar-refractivity contribution is 5.94. The number of benzene rings is 2. The van der Waals surface area contributed by atoms with Crippen LogP contribution in [0.4, 0.5) is 5.69 Å². The summed E-state index contributed by atoms with van der Waals surface area (Å²) in [6.07, 6.45) is 6.54. The maximum atomic E-state index is 14.0. The summed E-state index contributed by atoms with van der Waals surface area (Å²) in [4.78, 5) is 122. The molecule has 0 aliphatic carbocycles. The average Bonchev–Trinajstić information content (AvgIpc) is 3.88. The van der Waals surface area contributed by atoms with E-state index < -0.39 is 77.8 Å². The number of hydrogen-bond acceptors (Lipinski definition) is 13. The van der Waals surface area contributed by atoms with Crippen molar-refractivity contribution in [1.82, 2.24) is 56.3 Å². The molecule has 2 aromatic carbocycles. The van der Waals surface area contributed by atoms with Crippen LogP contribution in [0.2, 0.25) is 0 Å². The SMILES string of the molecule is CC[C@H](C)[C@H](NC(=O)C(C)(C)C)C(=O)N[C@@H](CCCCN)C(=O)N1CCN(c2ccc3ncn(CC(=O)NCC(=O)N[C@@H](Cc4cnc[nH]4)C(=O)N[C@@H](Cc4ccc(O)cc4)C(=O)NC)c(=O)c3c2)CC1. The number of aromatic nitrogens is 4. The largest absolute Gasteiger partial charge is 0.508 e. The molecule has 0 radical (unpaired) electrons. The van der Waals surface area contributed by atoms with Gasteiger partial charge in [-0.25, -0.2) is 9.97 Å². The van der Waals surface area contributed by atoms with Gasteiger partial charge in [0.25, 0.3) is 5.56 Å². The first kappa shape index (κ1) is 54.6. The molecule has 22 heteroatoms. The maximum absolute atomic E-state index is 14.0. The molecule has 0 spiro atoms. The molecular formula is C49H69N13O9. The van der Waals surface area contributed by atoms with Crippen LogP contribution in [0.1, 0.15) is 71.6 Å². The normalized spacial score (nSPS) is 14.9. The van der Waals surface area contributed by atoms with Crippen LogP contribution in [0.5, 0.6) is 5.75 Å². The van der Waals surface area contributed by atoms with E-state index in [1.807, 2.05) is 24.8 Å². The van der Waals surface area contributed by atoms with Crippen molar-refractivity contribution in [3.63, 3.8) is 0 Å². The van der Waals surface area contributed by atoms with Gasteiger partial charge in [0.2, 0.25) is 41.4 Å². The summed E-state index contributed by atoms with van der Waals surface area (Å²) in [7, 11) is 1.43. The van der Waals surface area contributed by atoms with Gasteiger partial charge >= 0.3 is 0 Å². The summed E-state index contributed by atoms with van der Waals surface area (Å²) >= 11 is 0. The highest BCUT2D eigenvalue weighted by Crippen LogP contribution is 2.22. The monoisotopic (exact) mass is 984 g/mol. The average molecular weight is 984 g/mol. The quantitative estimate of drug-likeness (QED) is 0.0442. The van der Waals surface area contributed by atoms with Gasteiger partial charge in [0.1, 0.15) is 36.5 Å². The number of amides is 7. The van der Waals surface area contributed by atoms with Gasteiger partial charge in [0.05, 0.1) is 30.1 Å². The summed E-state index contributed by atoms with van der Waals surface area (Å²) in [6, 6.07) is 7.54. The standard InChI is InChI=1S/C49H69N13O9/c1-7-30(2)42(59-48(71)49(3,4)5)45(68)57-37(10-8-9-17-50)47(70)61-20-18-60(19-21-61)33-13-16-36-35(24-33)46(69)62(29-55-36)27-41(65)53-26-40(64)56-39(23-32-25-52-28-54-32)44(67)58-38(43(66)51-6)22-31-11-14-34(63)15-12-31/h11-16,24-25,28-30,37-39,42,63H,7-10,17-23,26-27,50H2,1-6H3,(H,51,66)(H,52,54)(H,53,65)(H,56,64)(H,57,68)(H,58,67)(H,59,71)/t30-,37-,38-,39-,42-/m0/s1. The van der Waals surface area contributed by atoms with Crippen LogP contribution in [-0.2, 0) is 52.9 Å². The summed E-state index contributed by atoms with van der Waals surface area (Å²) < 4.78 is 1.12. The van der Waals surface area contributed by atoms with Gasteiger partial charge in [-0.1, -0.05) is 53.2 Å². The molecule has 5 atom stereocenters. The van der Waals surface area contributed by atoms with E-state index in [4.69, 9.17) is 5.73 Å². The first-order valence-corrected chi connectivity index (χ1v) is 24.0. The number of carbonyl (C=O) groups excluding carboxylic acids is 7. The number of H-pyrrole nitrogens is 1. The number of imidazole rings is 1. The number of aromatic hydroxyl groups is 1. The van der Waals surface area contributed by atoms with Crippen LogP contribution >= 0.6 is 0 Å². The number of aromatic amines is 1. The third-order valence-electron chi connectivity index (χ3n) is 12.4. The second-order valence-corrected chi connectivity index (χ2v) is 18.8. The van der Waals surface area contributed by atoms with Crippen molar-refractivity contribution in [3.8, 4) is 5.75 Å². The van der Waals surface area contributed by atoms with E-state index in [9.17, 15) is 43.5 Å². The molecule has 1 aliphatic rings. The lowest BCUT2D eigenvalue weighted by atomic mass is 9.92. The molecule has 384 valence electrons. The van der Waals surface area contributed by atoms with E-state index in [1.165, 1.54) is 38.0 Å². The predicted octanol–water partition coefficient (Wildman–Crippen LogP) is -0.0182. The second-order valence-electron chi connectivity index (χ2n) is 18.8. The van der Waals surface area contributed by atoms with Gasteiger partial charge in [0, 0.05) is 69.1 Å². The minimum absolute atomic E-state index is 0.0189. The Morgan fingerprint density at radius 3 is 2.17 bits per heavy atom. The molecule has 22 nitrogen and oxygen atoms in total. The van der Waals surface area contributed by atoms with E-state index in [0.29, 0.717) is 80.9 Å². The second kappa shape index (κ2) is 25.5. The molecule has 2 aromatic heterocycles. The van der Waals surface area contributed by atoms with E-state index in [1.54, 1.807) is 49.9 Å².